The highest BCUT2D eigenvalue weighted by molar-refractivity contribution is 5.95. The average molecular weight is 205 g/mol. The first-order valence-corrected chi connectivity index (χ1v) is 5.44. The molecule has 0 aromatic heterocycles. The predicted octanol–water partition coefficient (Wildman–Crippen LogP) is 2.53. The minimum atomic E-state index is -0.322. The quantitative estimate of drug-likeness (QED) is 0.809. The lowest BCUT2D eigenvalue weighted by atomic mass is 9.90. The van der Waals surface area contributed by atoms with Crippen LogP contribution in [0.2, 0.25) is 0 Å². The van der Waals surface area contributed by atoms with Gasteiger partial charge >= 0.3 is 0 Å². The molecule has 0 aliphatic heterocycles. The van der Waals surface area contributed by atoms with Crippen molar-refractivity contribution in [3.63, 3.8) is 0 Å². The molecule has 1 aromatic rings. The number of benzene rings is 1. The molecule has 0 unspecified atom stereocenters. The standard InChI is InChI=1S/C13H19NO/c1-5-10-7-12(13(14)15)9(4)11(6-2)8(10)3/h7H,5-6H2,1-4H3,(H2,14,15). The molecular weight excluding hydrogens is 186 g/mol. The predicted molar refractivity (Wildman–Crippen MR) is 63.2 cm³/mol. The summed E-state index contributed by atoms with van der Waals surface area (Å²) < 4.78 is 0. The second kappa shape index (κ2) is 4.47. The molecule has 2 nitrogen and oxygen atoms in total. The molecule has 82 valence electrons. The Hall–Kier alpha value is -1.31. The number of rotatable bonds is 3. The second-order valence-electron chi connectivity index (χ2n) is 3.88. The number of aryl methyl sites for hydroxylation is 1. The summed E-state index contributed by atoms with van der Waals surface area (Å²) in [5.41, 5.74) is 10.9. The van der Waals surface area contributed by atoms with Crippen molar-refractivity contribution in [1.29, 1.82) is 0 Å². The second-order valence-corrected chi connectivity index (χ2v) is 3.88. The minimum absolute atomic E-state index is 0.322. The molecule has 1 amide bonds. The molecule has 0 spiro atoms. The minimum Gasteiger partial charge on any atom is -0.366 e. The van der Waals surface area contributed by atoms with E-state index in [1.807, 2.05) is 13.0 Å². The van der Waals surface area contributed by atoms with Crippen LogP contribution < -0.4 is 5.73 Å². The van der Waals surface area contributed by atoms with Crippen LogP contribution in [0.15, 0.2) is 6.07 Å². The summed E-state index contributed by atoms with van der Waals surface area (Å²) in [7, 11) is 0. The molecule has 0 heterocycles. The van der Waals surface area contributed by atoms with Crippen LogP contribution in [-0.2, 0) is 12.8 Å². The van der Waals surface area contributed by atoms with Gasteiger partial charge in [-0.05, 0) is 55.0 Å². The van der Waals surface area contributed by atoms with Crippen molar-refractivity contribution < 1.29 is 4.79 Å². The van der Waals surface area contributed by atoms with Gasteiger partial charge in [0, 0.05) is 5.56 Å². The zero-order valence-corrected chi connectivity index (χ0v) is 9.98. The molecule has 0 radical (unpaired) electrons. The summed E-state index contributed by atoms with van der Waals surface area (Å²) in [5.74, 6) is -0.322. The third-order valence-corrected chi connectivity index (χ3v) is 3.11. The fraction of sp³-hybridized carbons (Fsp3) is 0.462. The molecule has 2 heteroatoms. The average Bonchev–Trinajstić information content (AvgIpc) is 2.18. The van der Waals surface area contributed by atoms with Crippen molar-refractivity contribution in [2.75, 3.05) is 0 Å². The zero-order valence-electron chi connectivity index (χ0n) is 9.98. The van der Waals surface area contributed by atoms with Gasteiger partial charge in [0.05, 0.1) is 0 Å². The topological polar surface area (TPSA) is 43.1 Å². The Bertz CT molecular complexity index is 394. The Labute approximate surface area is 91.5 Å². The van der Waals surface area contributed by atoms with E-state index in [2.05, 4.69) is 20.8 Å². The van der Waals surface area contributed by atoms with Crippen LogP contribution in [0.3, 0.4) is 0 Å². The largest absolute Gasteiger partial charge is 0.366 e. The van der Waals surface area contributed by atoms with Gasteiger partial charge in [0.2, 0.25) is 5.91 Å². The number of carbonyl (C=O) groups excluding carboxylic acids is 1. The van der Waals surface area contributed by atoms with Gasteiger partial charge in [-0.3, -0.25) is 4.79 Å². The maximum absolute atomic E-state index is 11.3. The fourth-order valence-corrected chi connectivity index (χ4v) is 2.18. The lowest BCUT2D eigenvalue weighted by Crippen LogP contribution is -2.15. The number of hydrogen-bond donors (Lipinski definition) is 1. The molecule has 0 aliphatic rings. The van der Waals surface area contributed by atoms with Crippen molar-refractivity contribution in [3.05, 3.63) is 33.9 Å². The van der Waals surface area contributed by atoms with Crippen LogP contribution in [0.4, 0.5) is 0 Å². The number of primary amides is 1. The van der Waals surface area contributed by atoms with Crippen LogP contribution in [0.1, 0.15) is 46.5 Å². The van der Waals surface area contributed by atoms with E-state index in [9.17, 15) is 4.79 Å². The normalized spacial score (nSPS) is 10.4. The summed E-state index contributed by atoms with van der Waals surface area (Å²) in [6, 6.07) is 1.94. The molecule has 0 aliphatic carbocycles. The molecule has 2 N–H and O–H groups in total. The SMILES string of the molecule is CCc1cc(C(N)=O)c(C)c(CC)c1C. The molecule has 1 aromatic carbocycles. The fourth-order valence-electron chi connectivity index (χ4n) is 2.18. The highest BCUT2D eigenvalue weighted by Crippen LogP contribution is 2.23. The van der Waals surface area contributed by atoms with Crippen LogP contribution in [-0.4, -0.2) is 5.91 Å². The van der Waals surface area contributed by atoms with Gasteiger partial charge < -0.3 is 5.73 Å². The van der Waals surface area contributed by atoms with Gasteiger partial charge in [-0.15, -0.1) is 0 Å². The van der Waals surface area contributed by atoms with Gasteiger partial charge in [0.15, 0.2) is 0 Å². The van der Waals surface area contributed by atoms with Crippen LogP contribution >= 0.6 is 0 Å². The molecule has 15 heavy (non-hydrogen) atoms. The van der Waals surface area contributed by atoms with Crippen molar-refractivity contribution in [3.8, 4) is 0 Å². The van der Waals surface area contributed by atoms with E-state index >= 15 is 0 Å². The Morgan fingerprint density at radius 1 is 1.20 bits per heavy atom. The van der Waals surface area contributed by atoms with Gasteiger partial charge in [-0.2, -0.15) is 0 Å². The van der Waals surface area contributed by atoms with Crippen LogP contribution in [0, 0.1) is 13.8 Å². The number of amides is 1. The maximum atomic E-state index is 11.3. The monoisotopic (exact) mass is 205 g/mol. The van der Waals surface area contributed by atoms with Crippen molar-refractivity contribution in [1.82, 2.24) is 0 Å². The first kappa shape index (κ1) is 11.8. The van der Waals surface area contributed by atoms with Crippen molar-refractivity contribution >= 4 is 5.91 Å². The molecule has 0 bridgehead atoms. The first-order chi connectivity index (χ1) is 7.02. The molecular formula is C13H19NO. The number of carbonyl (C=O) groups is 1. The maximum Gasteiger partial charge on any atom is 0.248 e. The third kappa shape index (κ3) is 2.04. The van der Waals surface area contributed by atoms with Gasteiger partial charge in [-0.25, -0.2) is 0 Å². The Kier molecular flexibility index (Phi) is 3.51. The summed E-state index contributed by atoms with van der Waals surface area (Å²) in [4.78, 5) is 11.3. The lowest BCUT2D eigenvalue weighted by Gasteiger charge is -2.15. The highest BCUT2D eigenvalue weighted by atomic mass is 16.1. The smallest absolute Gasteiger partial charge is 0.248 e. The number of nitrogens with two attached hydrogens (primary N) is 1. The molecule has 1 rings (SSSR count). The van der Waals surface area contributed by atoms with E-state index in [0.717, 1.165) is 18.4 Å². The summed E-state index contributed by atoms with van der Waals surface area (Å²) in [6.45, 7) is 8.31. The lowest BCUT2D eigenvalue weighted by molar-refractivity contribution is 0.0999. The van der Waals surface area contributed by atoms with E-state index in [4.69, 9.17) is 5.73 Å². The third-order valence-electron chi connectivity index (χ3n) is 3.11. The van der Waals surface area contributed by atoms with Crippen LogP contribution in [0.5, 0.6) is 0 Å². The molecule has 0 saturated carbocycles. The van der Waals surface area contributed by atoms with Crippen molar-refractivity contribution in [2.45, 2.75) is 40.5 Å². The highest BCUT2D eigenvalue weighted by Gasteiger charge is 2.13. The van der Waals surface area contributed by atoms with E-state index < -0.39 is 0 Å². The molecule has 0 saturated heterocycles. The van der Waals surface area contributed by atoms with Gasteiger partial charge in [0.25, 0.3) is 0 Å². The Morgan fingerprint density at radius 3 is 2.20 bits per heavy atom. The first-order valence-electron chi connectivity index (χ1n) is 5.44. The summed E-state index contributed by atoms with van der Waals surface area (Å²) in [6.07, 6.45) is 1.89. The molecule has 0 fully saturated rings. The number of hydrogen-bond acceptors (Lipinski definition) is 1. The molecule has 0 atom stereocenters. The van der Waals surface area contributed by atoms with Gasteiger partial charge in [0.1, 0.15) is 0 Å². The van der Waals surface area contributed by atoms with E-state index in [0.29, 0.717) is 5.56 Å². The van der Waals surface area contributed by atoms with E-state index in [1.165, 1.54) is 16.7 Å². The Morgan fingerprint density at radius 2 is 1.80 bits per heavy atom. The zero-order chi connectivity index (χ0) is 11.6. The summed E-state index contributed by atoms with van der Waals surface area (Å²) >= 11 is 0. The van der Waals surface area contributed by atoms with Crippen LogP contribution in [0.25, 0.3) is 0 Å². The summed E-state index contributed by atoms with van der Waals surface area (Å²) in [5, 5.41) is 0. The van der Waals surface area contributed by atoms with Gasteiger partial charge in [-0.1, -0.05) is 13.8 Å². The Balaban J connectivity index is 3.51. The van der Waals surface area contributed by atoms with E-state index in [1.54, 1.807) is 0 Å². The van der Waals surface area contributed by atoms with Crippen molar-refractivity contribution in [2.24, 2.45) is 5.73 Å². The van der Waals surface area contributed by atoms with E-state index in [-0.39, 0.29) is 5.91 Å².